The number of aromatic nitrogens is 3. The van der Waals surface area contributed by atoms with E-state index in [1.807, 2.05) is 0 Å². The lowest BCUT2D eigenvalue weighted by atomic mass is 10.3. The molecule has 0 aliphatic carbocycles. The van der Waals surface area contributed by atoms with Gasteiger partial charge < -0.3 is 20.5 Å². The normalized spacial score (nSPS) is 10.5. The standard InChI is InChI=1S/C9H14N4O4S/c10-6(15)2-1-3-13-7(4-14)11-12-9(13)18-5-8(16)17/h14H,1-5H2,(H2,10,15)(H,16,17). The van der Waals surface area contributed by atoms with Gasteiger partial charge >= 0.3 is 5.97 Å². The highest BCUT2D eigenvalue weighted by Crippen LogP contribution is 2.17. The van der Waals surface area contributed by atoms with E-state index >= 15 is 0 Å². The molecule has 0 bridgehead atoms. The molecule has 0 atom stereocenters. The molecule has 100 valence electrons. The van der Waals surface area contributed by atoms with E-state index in [2.05, 4.69) is 10.2 Å². The van der Waals surface area contributed by atoms with Crippen molar-refractivity contribution in [1.82, 2.24) is 14.8 Å². The van der Waals surface area contributed by atoms with Crippen LogP contribution in [0, 0.1) is 0 Å². The highest BCUT2D eigenvalue weighted by Gasteiger charge is 2.13. The number of carbonyl (C=O) groups is 2. The number of nitrogens with zero attached hydrogens (tertiary/aromatic N) is 3. The number of aliphatic carboxylic acids is 1. The fourth-order valence-corrected chi connectivity index (χ4v) is 2.01. The van der Waals surface area contributed by atoms with Crippen LogP contribution >= 0.6 is 11.8 Å². The van der Waals surface area contributed by atoms with Crippen molar-refractivity contribution in [2.45, 2.75) is 31.1 Å². The Bertz CT molecular complexity index is 434. The maximum Gasteiger partial charge on any atom is 0.313 e. The monoisotopic (exact) mass is 274 g/mol. The first-order chi connectivity index (χ1) is 8.54. The number of nitrogens with two attached hydrogens (primary N) is 1. The number of carbonyl (C=O) groups excluding carboxylic acids is 1. The molecule has 0 unspecified atom stereocenters. The molecule has 4 N–H and O–H groups in total. The van der Waals surface area contributed by atoms with Gasteiger partial charge in [-0.05, 0) is 6.42 Å². The zero-order valence-corrected chi connectivity index (χ0v) is 10.4. The van der Waals surface area contributed by atoms with Crippen molar-refractivity contribution in [3.05, 3.63) is 5.82 Å². The molecule has 9 heteroatoms. The minimum Gasteiger partial charge on any atom is -0.481 e. The van der Waals surface area contributed by atoms with E-state index in [-0.39, 0.29) is 18.8 Å². The molecule has 8 nitrogen and oxygen atoms in total. The summed E-state index contributed by atoms with van der Waals surface area (Å²) in [5.41, 5.74) is 5.03. The van der Waals surface area contributed by atoms with Gasteiger partial charge in [-0.15, -0.1) is 10.2 Å². The molecule has 1 amide bonds. The summed E-state index contributed by atoms with van der Waals surface area (Å²) in [6.07, 6.45) is 0.701. The van der Waals surface area contributed by atoms with Crippen molar-refractivity contribution < 1.29 is 19.8 Å². The lowest BCUT2D eigenvalue weighted by Crippen LogP contribution is -2.13. The molecule has 1 heterocycles. The Morgan fingerprint density at radius 3 is 2.67 bits per heavy atom. The lowest BCUT2D eigenvalue weighted by molar-refractivity contribution is -0.133. The molecule has 1 aromatic heterocycles. The van der Waals surface area contributed by atoms with E-state index < -0.39 is 11.9 Å². The molecule has 1 aromatic rings. The maximum absolute atomic E-state index is 10.6. The van der Waals surface area contributed by atoms with Crippen LogP contribution in [0.1, 0.15) is 18.7 Å². The second-order valence-corrected chi connectivity index (χ2v) is 4.40. The number of thioether (sulfide) groups is 1. The minimum absolute atomic E-state index is 0.140. The van der Waals surface area contributed by atoms with Crippen LogP contribution in [0.25, 0.3) is 0 Å². The number of amides is 1. The van der Waals surface area contributed by atoms with E-state index in [1.54, 1.807) is 4.57 Å². The first-order valence-corrected chi connectivity index (χ1v) is 6.19. The van der Waals surface area contributed by atoms with E-state index in [1.165, 1.54) is 0 Å². The van der Waals surface area contributed by atoms with E-state index in [0.717, 1.165) is 11.8 Å². The van der Waals surface area contributed by atoms with Crippen molar-refractivity contribution in [1.29, 1.82) is 0 Å². The van der Waals surface area contributed by atoms with Gasteiger partial charge in [-0.2, -0.15) is 0 Å². The summed E-state index contributed by atoms with van der Waals surface area (Å²) in [5, 5.41) is 25.6. The number of carboxylic acid groups (broad SMARTS) is 1. The Labute approximate surface area is 107 Å². The van der Waals surface area contributed by atoms with Gasteiger partial charge in [-0.3, -0.25) is 9.59 Å². The summed E-state index contributed by atoms with van der Waals surface area (Å²) < 4.78 is 1.59. The van der Waals surface area contributed by atoms with E-state index in [9.17, 15) is 9.59 Å². The second kappa shape index (κ2) is 6.97. The SMILES string of the molecule is NC(=O)CCCn1c(CO)nnc1SCC(=O)O. The summed E-state index contributed by atoms with van der Waals surface area (Å²) in [7, 11) is 0. The number of aliphatic hydroxyl groups is 1. The average molecular weight is 274 g/mol. The molecule has 0 aromatic carbocycles. The van der Waals surface area contributed by atoms with Crippen LogP contribution in [0.2, 0.25) is 0 Å². The molecular weight excluding hydrogens is 260 g/mol. The number of aliphatic hydroxyl groups excluding tert-OH is 1. The molecule has 1 rings (SSSR count). The van der Waals surface area contributed by atoms with Gasteiger partial charge in [0.05, 0.1) is 5.75 Å². The van der Waals surface area contributed by atoms with Gasteiger partial charge in [0, 0.05) is 13.0 Å². The molecule has 0 aliphatic heterocycles. The second-order valence-electron chi connectivity index (χ2n) is 3.46. The van der Waals surface area contributed by atoms with Gasteiger partial charge in [-0.1, -0.05) is 11.8 Å². The van der Waals surface area contributed by atoms with Gasteiger partial charge in [-0.25, -0.2) is 0 Å². The highest BCUT2D eigenvalue weighted by molar-refractivity contribution is 7.99. The highest BCUT2D eigenvalue weighted by atomic mass is 32.2. The Hall–Kier alpha value is -1.61. The van der Waals surface area contributed by atoms with Crippen molar-refractivity contribution in [2.24, 2.45) is 5.73 Å². The number of rotatable bonds is 8. The third-order valence-corrected chi connectivity index (χ3v) is 3.02. The third-order valence-electron chi connectivity index (χ3n) is 2.06. The first-order valence-electron chi connectivity index (χ1n) is 5.20. The van der Waals surface area contributed by atoms with Crippen LogP contribution in [0.5, 0.6) is 0 Å². The summed E-state index contributed by atoms with van der Waals surface area (Å²) in [4.78, 5) is 21.1. The average Bonchev–Trinajstić information content (AvgIpc) is 2.68. The van der Waals surface area contributed by atoms with Crippen LogP contribution in [0.3, 0.4) is 0 Å². The largest absolute Gasteiger partial charge is 0.481 e. The van der Waals surface area contributed by atoms with Crippen LogP contribution in [0.4, 0.5) is 0 Å². The number of carboxylic acids is 1. The smallest absolute Gasteiger partial charge is 0.313 e. The van der Waals surface area contributed by atoms with E-state index in [0.29, 0.717) is 23.9 Å². The first kappa shape index (κ1) is 14.5. The van der Waals surface area contributed by atoms with Crippen molar-refractivity contribution in [3.8, 4) is 0 Å². The minimum atomic E-state index is -0.961. The zero-order chi connectivity index (χ0) is 13.5. The van der Waals surface area contributed by atoms with Crippen LogP contribution in [-0.2, 0) is 22.7 Å². The van der Waals surface area contributed by atoms with Crippen molar-refractivity contribution in [2.75, 3.05) is 5.75 Å². The molecule has 0 aliphatic rings. The summed E-state index contributed by atoms with van der Waals surface area (Å²) in [6, 6.07) is 0. The summed E-state index contributed by atoms with van der Waals surface area (Å²) >= 11 is 1.01. The van der Waals surface area contributed by atoms with Crippen LogP contribution in [-0.4, -0.2) is 42.6 Å². The van der Waals surface area contributed by atoms with Crippen LogP contribution in [0.15, 0.2) is 5.16 Å². The van der Waals surface area contributed by atoms with Gasteiger partial charge in [0.25, 0.3) is 0 Å². The molecule has 0 saturated heterocycles. The lowest BCUT2D eigenvalue weighted by Gasteiger charge is -2.07. The Kier molecular flexibility index (Phi) is 5.59. The number of hydrogen-bond acceptors (Lipinski definition) is 6. The van der Waals surface area contributed by atoms with Crippen molar-refractivity contribution in [3.63, 3.8) is 0 Å². The van der Waals surface area contributed by atoms with Crippen molar-refractivity contribution >= 4 is 23.6 Å². The fraction of sp³-hybridized carbons (Fsp3) is 0.556. The Balaban J connectivity index is 2.68. The number of hydrogen-bond donors (Lipinski definition) is 3. The van der Waals surface area contributed by atoms with Gasteiger partial charge in [0.15, 0.2) is 11.0 Å². The quantitative estimate of drug-likeness (QED) is 0.529. The molecule has 18 heavy (non-hydrogen) atoms. The maximum atomic E-state index is 10.6. The van der Waals surface area contributed by atoms with Gasteiger partial charge in [0.1, 0.15) is 6.61 Å². The van der Waals surface area contributed by atoms with Gasteiger partial charge in [0.2, 0.25) is 5.91 Å². The third kappa shape index (κ3) is 4.34. The molecule has 0 spiro atoms. The van der Waals surface area contributed by atoms with E-state index in [4.69, 9.17) is 15.9 Å². The predicted octanol–water partition coefficient (Wildman–Crippen LogP) is -0.787. The number of primary amides is 1. The molecule has 0 fully saturated rings. The molecular formula is C9H14N4O4S. The predicted molar refractivity (Wildman–Crippen MR) is 62.7 cm³/mol. The topological polar surface area (TPSA) is 131 Å². The Morgan fingerprint density at radius 1 is 1.39 bits per heavy atom. The zero-order valence-electron chi connectivity index (χ0n) is 9.57. The molecule has 0 radical (unpaired) electrons. The molecule has 0 saturated carbocycles. The van der Waals surface area contributed by atoms with Crippen LogP contribution < -0.4 is 5.73 Å². The summed E-state index contributed by atoms with van der Waals surface area (Å²) in [5.74, 6) is -1.17. The summed E-state index contributed by atoms with van der Waals surface area (Å²) in [6.45, 7) is 0.116. The Morgan fingerprint density at radius 2 is 2.11 bits per heavy atom. The fourth-order valence-electron chi connectivity index (χ4n) is 1.31.